The average molecular weight is 498 g/mol. The number of hydrogen-bond acceptors (Lipinski definition) is 3. The fourth-order valence-electron chi connectivity index (χ4n) is 1.50. The van der Waals surface area contributed by atoms with Crippen molar-refractivity contribution in [2.75, 3.05) is 14.2 Å². The minimum Gasteiger partial charge on any atom is -0.497 e. The molecule has 0 radical (unpaired) electrons. The molecule has 0 aliphatic carbocycles. The zero-order valence-corrected chi connectivity index (χ0v) is 15.6. The molecular formula is C14H12I2O2S. The summed E-state index contributed by atoms with van der Waals surface area (Å²) in [5, 5.41) is 0. The fraction of sp³-hybridized carbons (Fsp3) is 0.143. The first-order valence-corrected chi connectivity index (χ1v) is 8.46. The first kappa shape index (κ1) is 15.2. The van der Waals surface area contributed by atoms with Crippen molar-refractivity contribution in [1.82, 2.24) is 0 Å². The van der Waals surface area contributed by atoms with Crippen molar-refractivity contribution >= 4 is 56.9 Å². The SMILES string of the molecule is COc1ccc(I)c(Sc2cc(OC)ccc2I)c1. The monoisotopic (exact) mass is 498 g/mol. The Labute approximate surface area is 144 Å². The van der Waals surface area contributed by atoms with Crippen molar-refractivity contribution in [1.29, 1.82) is 0 Å². The van der Waals surface area contributed by atoms with Crippen molar-refractivity contribution in [2.45, 2.75) is 9.79 Å². The highest BCUT2D eigenvalue weighted by atomic mass is 127. The smallest absolute Gasteiger partial charge is 0.120 e. The van der Waals surface area contributed by atoms with E-state index < -0.39 is 0 Å². The van der Waals surface area contributed by atoms with Crippen LogP contribution in [0.1, 0.15) is 0 Å². The zero-order valence-electron chi connectivity index (χ0n) is 10.4. The van der Waals surface area contributed by atoms with Crippen molar-refractivity contribution < 1.29 is 9.47 Å². The molecule has 0 aliphatic rings. The van der Waals surface area contributed by atoms with Crippen LogP contribution in [0.2, 0.25) is 0 Å². The fourth-order valence-corrected chi connectivity index (χ4v) is 3.75. The molecule has 0 bridgehead atoms. The summed E-state index contributed by atoms with van der Waals surface area (Å²) in [5.41, 5.74) is 0. The Hall–Kier alpha value is -0.150. The highest BCUT2D eigenvalue weighted by Crippen LogP contribution is 2.37. The molecule has 0 atom stereocenters. The third-order valence-electron chi connectivity index (χ3n) is 2.50. The van der Waals surface area contributed by atoms with E-state index >= 15 is 0 Å². The molecule has 2 aromatic rings. The molecule has 0 N–H and O–H groups in total. The highest BCUT2D eigenvalue weighted by Gasteiger charge is 2.08. The summed E-state index contributed by atoms with van der Waals surface area (Å²) in [4.78, 5) is 2.37. The van der Waals surface area contributed by atoms with Crippen LogP contribution >= 0.6 is 56.9 Å². The van der Waals surface area contributed by atoms with Gasteiger partial charge in [0.2, 0.25) is 0 Å². The van der Waals surface area contributed by atoms with Crippen LogP contribution < -0.4 is 9.47 Å². The van der Waals surface area contributed by atoms with Gasteiger partial charge in [0.1, 0.15) is 11.5 Å². The topological polar surface area (TPSA) is 18.5 Å². The molecule has 19 heavy (non-hydrogen) atoms. The lowest BCUT2D eigenvalue weighted by Crippen LogP contribution is -1.88. The van der Waals surface area contributed by atoms with E-state index in [2.05, 4.69) is 69.4 Å². The van der Waals surface area contributed by atoms with E-state index in [4.69, 9.17) is 9.47 Å². The van der Waals surface area contributed by atoms with Gasteiger partial charge in [-0.25, -0.2) is 0 Å². The number of halogens is 2. The Kier molecular flexibility index (Phi) is 5.64. The van der Waals surface area contributed by atoms with Gasteiger partial charge in [0.15, 0.2) is 0 Å². The van der Waals surface area contributed by atoms with E-state index in [1.165, 1.54) is 16.9 Å². The van der Waals surface area contributed by atoms with Gasteiger partial charge in [-0.1, -0.05) is 11.8 Å². The number of benzene rings is 2. The van der Waals surface area contributed by atoms with Gasteiger partial charge in [0, 0.05) is 16.9 Å². The molecular weight excluding hydrogens is 486 g/mol. The molecule has 0 unspecified atom stereocenters. The van der Waals surface area contributed by atoms with Crippen LogP contribution in [0.4, 0.5) is 0 Å². The largest absolute Gasteiger partial charge is 0.497 e. The minimum atomic E-state index is 0.876. The number of ether oxygens (including phenoxy) is 2. The van der Waals surface area contributed by atoms with Crippen LogP contribution in [0.15, 0.2) is 46.2 Å². The maximum atomic E-state index is 5.28. The molecule has 2 aromatic carbocycles. The lowest BCUT2D eigenvalue weighted by Gasteiger charge is -2.10. The number of methoxy groups -OCH3 is 2. The molecule has 5 heteroatoms. The molecule has 2 rings (SSSR count). The summed E-state index contributed by atoms with van der Waals surface area (Å²) in [6, 6.07) is 12.2. The molecule has 0 aromatic heterocycles. The molecule has 2 nitrogen and oxygen atoms in total. The van der Waals surface area contributed by atoms with Crippen LogP contribution in [0.3, 0.4) is 0 Å². The Balaban J connectivity index is 2.35. The van der Waals surface area contributed by atoms with E-state index in [0.717, 1.165) is 11.5 Å². The predicted molar refractivity (Wildman–Crippen MR) is 95.5 cm³/mol. The molecule has 0 saturated carbocycles. The normalized spacial score (nSPS) is 10.3. The van der Waals surface area contributed by atoms with Crippen LogP contribution in [0.25, 0.3) is 0 Å². The first-order valence-electron chi connectivity index (χ1n) is 5.49. The molecule has 0 fully saturated rings. The van der Waals surface area contributed by atoms with Crippen LogP contribution in [-0.2, 0) is 0 Å². The van der Waals surface area contributed by atoms with E-state index in [0.29, 0.717) is 0 Å². The molecule has 0 spiro atoms. The summed E-state index contributed by atoms with van der Waals surface area (Å²) in [6.45, 7) is 0. The van der Waals surface area contributed by atoms with Gasteiger partial charge in [0.05, 0.1) is 14.2 Å². The van der Waals surface area contributed by atoms with Crippen molar-refractivity contribution in [3.63, 3.8) is 0 Å². The maximum absolute atomic E-state index is 5.28. The second-order valence-electron chi connectivity index (χ2n) is 3.69. The Morgan fingerprint density at radius 2 is 1.21 bits per heavy atom. The lowest BCUT2D eigenvalue weighted by molar-refractivity contribution is 0.413. The third kappa shape index (κ3) is 3.91. The quantitative estimate of drug-likeness (QED) is 0.550. The van der Waals surface area contributed by atoms with E-state index in [1.807, 2.05) is 12.1 Å². The van der Waals surface area contributed by atoms with Crippen LogP contribution in [0.5, 0.6) is 11.5 Å². The second kappa shape index (κ2) is 7.03. The Morgan fingerprint density at radius 3 is 1.58 bits per heavy atom. The molecule has 0 aliphatic heterocycles. The van der Waals surface area contributed by atoms with Gasteiger partial charge < -0.3 is 9.47 Å². The van der Waals surface area contributed by atoms with Crippen LogP contribution in [-0.4, -0.2) is 14.2 Å². The van der Waals surface area contributed by atoms with Crippen LogP contribution in [0, 0.1) is 7.14 Å². The highest BCUT2D eigenvalue weighted by molar-refractivity contribution is 14.1. The Morgan fingerprint density at radius 1 is 0.789 bits per heavy atom. The van der Waals surface area contributed by atoms with Gasteiger partial charge in [-0.05, 0) is 81.6 Å². The molecule has 100 valence electrons. The van der Waals surface area contributed by atoms with Crippen molar-refractivity contribution in [3.8, 4) is 11.5 Å². The molecule has 0 heterocycles. The van der Waals surface area contributed by atoms with Gasteiger partial charge in [-0.2, -0.15) is 0 Å². The number of rotatable bonds is 4. The third-order valence-corrected chi connectivity index (χ3v) is 6.23. The lowest BCUT2D eigenvalue weighted by atomic mass is 10.3. The van der Waals surface area contributed by atoms with Gasteiger partial charge in [0.25, 0.3) is 0 Å². The first-order chi connectivity index (χ1) is 9.13. The molecule has 0 amide bonds. The van der Waals surface area contributed by atoms with Crippen molar-refractivity contribution in [3.05, 3.63) is 43.5 Å². The summed E-state index contributed by atoms with van der Waals surface area (Å²) in [5.74, 6) is 1.75. The van der Waals surface area contributed by atoms with Gasteiger partial charge in [-0.3, -0.25) is 0 Å². The van der Waals surface area contributed by atoms with E-state index in [-0.39, 0.29) is 0 Å². The standard InChI is InChI=1S/C14H12I2O2S/c1-17-9-3-5-11(15)13(7-9)19-14-8-10(18-2)4-6-12(14)16/h3-8H,1-2H3. The average Bonchev–Trinajstić information content (AvgIpc) is 2.43. The molecule has 0 saturated heterocycles. The summed E-state index contributed by atoms with van der Waals surface area (Å²) in [6.07, 6.45) is 0. The predicted octanol–water partition coefficient (Wildman–Crippen LogP) is 5.06. The summed E-state index contributed by atoms with van der Waals surface area (Å²) >= 11 is 6.40. The second-order valence-corrected chi connectivity index (χ2v) is 7.10. The number of hydrogen-bond donors (Lipinski definition) is 0. The minimum absolute atomic E-state index is 0.876. The van der Waals surface area contributed by atoms with E-state index in [1.54, 1.807) is 26.0 Å². The zero-order chi connectivity index (χ0) is 13.8. The summed E-state index contributed by atoms with van der Waals surface area (Å²) in [7, 11) is 3.37. The van der Waals surface area contributed by atoms with Gasteiger partial charge in [-0.15, -0.1) is 0 Å². The van der Waals surface area contributed by atoms with Gasteiger partial charge >= 0.3 is 0 Å². The summed E-state index contributed by atoms with van der Waals surface area (Å²) < 4.78 is 13.0. The van der Waals surface area contributed by atoms with Crippen molar-refractivity contribution in [2.24, 2.45) is 0 Å². The Bertz CT molecular complexity index is 536. The maximum Gasteiger partial charge on any atom is 0.120 e. The van der Waals surface area contributed by atoms with E-state index in [9.17, 15) is 0 Å².